The Bertz CT molecular complexity index is 1240. The van der Waals surface area contributed by atoms with Gasteiger partial charge in [-0.15, -0.1) is 0 Å². The van der Waals surface area contributed by atoms with E-state index < -0.39 is 17.6 Å². The molecule has 12 heteroatoms. The second-order valence-corrected chi connectivity index (χ2v) is 7.84. The molecule has 3 aromatic rings. The fraction of sp³-hybridized carbons (Fsp3) is 0.208. The highest BCUT2D eigenvalue weighted by Crippen LogP contribution is 2.35. The van der Waals surface area contributed by atoms with Crippen LogP contribution in [0.1, 0.15) is 18.2 Å². The highest BCUT2D eigenvalue weighted by atomic mass is 19.4. The predicted octanol–water partition coefficient (Wildman–Crippen LogP) is 4.53. The van der Waals surface area contributed by atoms with Crippen LogP contribution in [0.2, 0.25) is 0 Å². The fourth-order valence-electron chi connectivity index (χ4n) is 2.87. The topological polar surface area (TPSA) is 107 Å². The standard InChI is InChI=1S/C24H25F3N8O/c1-16(20-10-4-5-12-28-20)33-34-23-29-15-19(24(25,26)27)22(32-23)31-18-9-6-8-17(14-18)30-21(36)11-7-13-35(2)3/h4-12,14-15H,13H2,1-3H3,(H,30,36)(H2,29,31,32,34)/b11-7+,33-16+. The summed E-state index contributed by atoms with van der Waals surface area (Å²) in [6.45, 7) is 2.28. The predicted molar refractivity (Wildman–Crippen MR) is 133 cm³/mol. The van der Waals surface area contributed by atoms with Crippen molar-refractivity contribution in [3.05, 3.63) is 78.3 Å². The molecule has 188 valence electrons. The number of rotatable bonds is 9. The van der Waals surface area contributed by atoms with Gasteiger partial charge in [-0.3, -0.25) is 9.78 Å². The molecule has 1 amide bonds. The SMILES string of the molecule is C/C(=N\Nc1ncc(C(F)(F)F)c(Nc2cccc(NC(=O)/C=C/CN(C)C)c2)n1)c1ccccn1. The van der Waals surface area contributed by atoms with Crippen molar-refractivity contribution in [1.29, 1.82) is 0 Å². The number of likely N-dealkylation sites (N-methyl/N-ethyl adjacent to an activating group) is 1. The number of carbonyl (C=O) groups is 1. The van der Waals surface area contributed by atoms with Crippen molar-refractivity contribution >= 4 is 34.8 Å². The number of amides is 1. The Kier molecular flexibility index (Phi) is 8.68. The number of hydrogen-bond acceptors (Lipinski definition) is 8. The Balaban J connectivity index is 1.80. The van der Waals surface area contributed by atoms with Crippen LogP contribution in [0.25, 0.3) is 0 Å². The molecule has 0 spiro atoms. The van der Waals surface area contributed by atoms with Gasteiger partial charge in [0.05, 0.1) is 11.4 Å². The zero-order chi connectivity index (χ0) is 26.1. The Hall–Kier alpha value is -4.32. The number of pyridine rings is 1. The molecule has 1 aromatic carbocycles. The van der Waals surface area contributed by atoms with E-state index in [0.29, 0.717) is 29.8 Å². The van der Waals surface area contributed by atoms with Crippen molar-refractivity contribution in [1.82, 2.24) is 19.9 Å². The first-order chi connectivity index (χ1) is 17.1. The molecule has 0 unspecified atom stereocenters. The summed E-state index contributed by atoms with van der Waals surface area (Å²) in [6, 6.07) is 11.5. The van der Waals surface area contributed by atoms with E-state index in [0.717, 1.165) is 0 Å². The molecule has 36 heavy (non-hydrogen) atoms. The van der Waals surface area contributed by atoms with E-state index in [-0.39, 0.29) is 17.5 Å². The number of carbonyl (C=O) groups excluding carboxylic acids is 1. The van der Waals surface area contributed by atoms with E-state index in [1.165, 1.54) is 12.1 Å². The summed E-state index contributed by atoms with van der Waals surface area (Å²) < 4.78 is 40.8. The van der Waals surface area contributed by atoms with Gasteiger partial charge in [0.25, 0.3) is 0 Å². The van der Waals surface area contributed by atoms with Crippen molar-refractivity contribution in [3.63, 3.8) is 0 Å². The normalized spacial score (nSPS) is 12.1. The first kappa shape index (κ1) is 26.3. The number of hydrazone groups is 1. The Morgan fingerprint density at radius 2 is 1.89 bits per heavy atom. The van der Waals surface area contributed by atoms with Gasteiger partial charge < -0.3 is 15.5 Å². The maximum Gasteiger partial charge on any atom is 0.421 e. The molecule has 0 radical (unpaired) electrons. The van der Waals surface area contributed by atoms with Gasteiger partial charge in [0.1, 0.15) is 11.4 Å². The second-order valence-electron chi connectivity index (χ2n) is 7.84. The van der Waals surface area contributed by atoms with E-state index in [9.17, 15) is 18.0 Å². The molecule has 9 nitrogen and oxygen atoms in total. The van der Waals surface area contributed by atoms with Gasteiger partial charge in [-0.05, 0) is 51.4 Å². The lowest BCUT2D eigenvalue weighted by Gasteiger charge is -2.15. The minimum absolute atomic E-state index is 0.142. The number of anilines is 4. The van der Waals surface area contributed by atoms with Crippen molar-refractivity contribution in [3.8, 4) is 0 Å². The van der Waals surface area contributed by atoms with Gasteiger partial charge in [0.2, 0.25) is 11.9 Å². The summed E-state index contributed by atoms with van der Waals surface area (Å²) >= 11 is 0. The monoisotopic (exact) mass is 498 g/mol. The molecule has 0 atom stereocenters. The fourth-order valence-corrected chi connectivity index (χ4v) is 2.87. The summed E-state index contributed by atoms with van der Waals surface area (Å²) in [6.07, 6.45) is 0.654. The molecule has 0 fully saturated rings. The largest absolute Gasteiger partial charge is 0.421 e. The number of nitrogens with one attached hydrogen (secondary N) is 3. The molecule has 0 saturated carbocycles. The highest BCUT2D eigenvalue weighted by molar-refractivity contribution is 5.99. The van der Waals surface area contributed by atoms with Crippen LogP contribution in [-0.4, -0.2) is 52.1 Å². The Morgan fingerprint density at radius 1 is 1.11 bits per heavy atom. The average Bonchev–Trinajstić information content (AvgIpc) is 2.82. The molecule has 0 aliphatic carbocycles. The third kappa shape index (κ3) is 7.87. The molecule has 2 aromatic heterocycles. The van der Waals surface area contributed by atoms with Gasteiger partial charge >= 0.3 is 6.18 Å². The van der Waals surface area contributed by atoms with E-state index in [1.54, 1.807) is 55.6 Å². The molecule has 0 aliphatic heterocycles. The zero-order valence-electron chi connectivity index (χ0n) is 19.8. The summed E-state index contributed by atoms with van der Waals surface area (Å²) in [7, 11) is 3.74. The van der Waals surface area contributed by atoms with E-state index in [2.05, 4.69) is 36.1 Å². The minimum Gasteiger partial charge on any atom is -0.339 e. The van der Waals surface area contributed by atoms with Crippen molar-refractivity contribution in [2.75, 3.05) is 36.7 Å². The lowest BCUT2D eigenvalue weighted by Crippen LogP contribution is -2.13. The number of halogens is 3. The Labute approximate surface area is 206 Å². The van der Waals surface area contributed by atoms with Crippen LogP contribution >= 0.6 is 0 Å². The first-order valence-electron chi connectivity index (χ1n) is 10.8. The third-order valence-electron chi connectivity index (χ3n) is 4.59. The van der Waals surface area contributed by atoms with E-state index >= 15 is 0 Å². The van der Waals surface area contributed by atoms with Crippen LogP contribution in [-0.2, 0) is 11.0 Å². The second kappa shape index (κ2) is 11.9. The molecule has 0 aliphatic rings. The third-order valence-corrected chi connectivity index (χ3v) is 4.59. The number of hydrogen-bond donors (Lipinski definition) is 3. The van der Waals surface area contributed by atoms with Crippen LogP contribution < -0.4 is 16.1 Å². The van der Waals surface area contributed by atoms with Gasteiger partial charge in [-0.2, -0.15) is 23.3 Å². The highest BCUT2D eigenvalue weighted by Gasteiger charge is 2.35. The molecule has 2 heterocycles. The van der Waals surface area contributed by atoms with Crippen molar-refractivity contribution in [2.45, 2.75) is 13.1 Å². The van der Waals surface area contributed by atoms with Crippen LogP contribution in [0.3, 0.4) is 0 Å². The molecular weight excluding hydrogens is 473 g/mol. The van der Waals surface area contributed by atoms with E-state index in [4.69, 9.17) is 0 Å². The van der Waals surface area contributed by atoms with Crippen molar-refractivity contribution in [2.24, 2.45) is 5.10 Å². The smallest absolute Gasteiger partial charge is 0.339 e. The molecule has 3 N–H and O–H groups in total. The summed E-state index contributed by atoms with van der Waals surface area (Å²) in [4.78, 5) is 25.8. The van der Waals surface area contributed by atoms with Crippen molar-refractivity contribution < 1.29 is 18.0 Å². The summed E-state index contributed by atoms with van der Waals surface area (Å²) in [5, 5.41) is 9.43. The molecule has 3 rings (SSSR count). The quantitative estimate of drug-likeness (QED) is 0.226. The van der Waals surface area contributed by atoms with Gasteiger partial charge in [0, 0.05) is 36.4 Å². The van der Waals surface area contributed by atoms with Gasteiger partial charge in [-0.1, -0.05) is 18.2 Å². The van der Waals surface area contributed by atoms with Crippen LogP contribution in [0.5, 0.6) is 0 Å². The molecule has 0 bridgehead atoms. The average molecular weight is 499 g/mol. The molecular formula is C24H25F3N8O. The number of nitrogens with zero attached hydrogens (tertiary/aromatic N) is 5. The Morgan fingerprint density at radius 3 is 2.58 bits per heavy atom. The summed E-state index contributed by atoms with van der Waals surface area (Å²) in [5.41, 5.74) is 3.28. The lowest BCUT2D eigenvalue weighted by atomic mass is 10.2. The number of alkyl halides is 3. The van der Waals surface area contributed by atoms with Crippen LogP contribution in [0.4, 0.5) is 36.3 Å². The molecule has 0 saturated heterocycles. The first-order valence-corrected chi connectivity index (χ1v) is 10.8. The van der Waals surface area contributed by atoms with Gasteiger partial charge in [0.15, 0.2) is 0 Å². The zero-order valence-corrected chi connectivity index (χ0v) is 19.8. The minimum atomic E-state index is -4.70. The maximum absolute atomic E-state index is 13.6. The van der Waals surface area contributed by atoms with Gasteiger partial charge in [-0.25, -0.2) is 10.4 Å². The van der Waals surface area contributed by atoms with E-state index in [1.807, 2.05) is 19.0 Å². The number of aromatic nitrogens is 3. The van der Waals surface area contributed by atoms with Crippen LogP contribution in [0, 0.1) is 0 Å². The lowest BCUT2D eigenvalue weighted by molar-refractivity contribution is -0.137. The summed E-state index contributed by atoms with van der Waals surface area (Å²) in [5.74, 6) is -0.976. The number of benzene rings is 1. The maximum atomic E-state index is 13.6. The van der Waals surface area contributed by atoms with Crippen LogP contribution in [0.15, 0.2) is 72.1 Å².